The molecule has 3 atom stereocenters. The molecule has 208 valence electrons. The molecule has 4 rings (SSSR count). The Morgan fingerprint density at radius 3 is 2.49 bits per heavy atom. The van der Waals surface area contributed by atoms with Crippen LogP contribution in [0.1, 0.15) is 29.8 Å². The Balaban J connectivity index is 1.63. The number of amides is 1. The van der Waals surface area contributed by atoms with Gasteiger partial charge in [-0.25, -0.2) is 12.8 Å². The van der Waals surface area contributed by atoms with Crippen LogP contribution in [0.15, 0.2) is 77.7 Å². The molecule has 8 nitrogen and oxygen atoms in total. The second-order valence-corrected chi connectivity index (χ2v) is 11.8. The Morgan fingerprint density at radius 2 is 1.82 bits per heavy atom. The van der Waals surface area contributed by atoms with Gasteiger partial charge in [0, 0.05) is 31.2 Å². The number of halogens is 1. The third-order valence-electron chi connectivity index (χ3n) is 6.83. The number of likely N-dealkylation sites (N-methyl/N-ethyl adjacent to an activating group) is 1. The summed E-state index contributed by atoms with van der Waals surface area (Å²) in [4.78, 5) is 17.3. The molecule has 3 aromatic carbocycles. The molecule has 39 heavy (non-hydrogen) atoms. The first-order chi connectivity index (χ1) is 18.6. The summed E-state index contributed by atoms with van der Waals surface area (Å²) < 4.78 is 47.9. The van der Waals surface area contributed by atoms with E-state index in [9.17, 15) is 22.7 Å². The van der Waals surface area contributed by atoms with Gasteiger partial charge in [-0.2, -0.15) is 0 Å². The van der Waals surface area contributed by atoms with E-state index in [1.807, 2.05) is 32.2 Å². The topological polar surface area (TPSA) is 99.2 Å². The molecular weight excluding hydrogens is 521 g/mol. The lowest BCUT2D eigenvalue weighted by Crippen LogP contribution is -2.49. The van der Waals surface area contributed by atoms with Crippen molar-refractivity contribution >= 4 is 21.6 Å². The molecule has 1 amide bonds. The van der Waals surface area contributed by atoms with Gasteiger partial charge in [0.15, 0.2) is 0 Å². The van der Waals surface area contributed by atoms with Crippen molar-refractivity contribution in [1.29, 1.82) is 0 Å². The molecule has 1 aliphatic rings. The maximum Gasteiger partial charge on any atom is 0.261 e. The lowest BCUT2D eigenvalue weighted by Gasteiger charge is -2.38. The van der Waals surface area contributed by atoms with E-state index in [2.05, 4.69) is 21.8 Å². The highest BCUT2D eigenvalue weighted by atomic mass is 32.2. The summed E-state index contributed by atoms with van der Waals surface area (Å²) in [6.07, 6.45) is -0.277. The first-order valence-corrected chi connectivity index (χ1v) is 14.3. The molecule has 0 aromatic heterocycles. The largest absolute Gasteiger partial charge is 0.488 e. The van der Waals surface area contributed by atoms with E-state index in [4.69, 9.17) is 4.74 Å². The Kier molecular flexibility index (Phi) is 8.89. The summed E-state index contributed by atoms with van der Waals surface area (Å²) in [7, 11) is -2.01. The van der Waals surface area contributed by atoms with Crippen molar-refractivity contribution in [2.24, 2.45) is 5.92 Å². The predicted molar refractivity (Wildman–Crippen MR) is 148 cm³/mol. The number of ether oxygens (including phenoxy) is 1. The maximum atomic E-state index is 13.6. The highest BCUT2D eigenvalue weighted by Crippen LogP contribution is 2.31. The number of carbonyl (C=O) groups excluding carboxylic acids is 1. The number of hydrogen-bond acceptors (Lipinski definition) is 6. The number of rotatable bonds is 9. The van der Waals surface area contributed by atoms with Crippen LogP contribution in [-0.4, -0.2) is 68.1 Å². The van der Waals surface area contributed by atoms with Crippen LogP contribution in [0.2, 0.25) is 0 Å². The van der Waals surface area contributed by atoms with Crippen molar-refractivity contribution in [1.82, 2.24) is 9.80 Å². The monoisotopic (exact) mass is 555 g/mol. The molecule has 0 saturated heterocycles. The van der Waals surface area contributed by atoms with Crippen LogP contribution >= 0.6 is 0 Å². The van der Waals surface area contributed by atoms with E-state index >= 15 is 0 Å². The average Bonchev–Trinajstić information content (AvgIpc) is 2.91. The van der Waals surface area contributed by atoms with Gasteiger partial charge in [-0.1, -0.05) is 37.3 Å². The first kappa shape index (κ1) is 28.5. The number of hydrogen-bond donors (Lipinski definition) is 2. The first-order valence-electron chi connectivity index (χ1n) is 12.8. The molecule has 0 radical (unpaired) electrons. The SMILES string of the molecule is C[C@@H]1CN([C@@H](C)CO)C(=O)c2cc(NS(=O)(=O)c3ccc(F)cc3)ccc2O[C@H]1CN(C)Cc1ccccc1. The van der Waals surface area contributed by atoms with Crippen molar-refractivity contribution in [3.63, 3.8) is 0 Å². The van der Waals surface area contributed by atoms with Gasteiger partial charge in [0.2, 0.25) is 0 Å². The number of nitrogens with zero attached hydrogens (tertiary/aromatic N) is 2. The molecule has 2 N–H and O–H groups in total. The summed E-state index contributed by atoms with van der Waals surface area (Å²) >= 11 is 0. The zero-order valence-corrected chi connectivity index (χ0v) is 23.1. The van der Waals surface area contributed by atoms with Crippen LogP contribution in [0.3, 0.4) is 0 Å². The third kappa shape index (κ3) is 6.95. The van der Waals surface area contributed by atoms with Crippen molar-refractivity contribution in [2.45, 2.75) is 37.4 Å². The summed E-state index contributed by atoms with van der Waals surface area (Å²) in [5.41, 5.74) is 1.53. The van der Waals surface area contributed by atoms with E-state index < -0.39 is 21.9 Å². The molecule has 0 saturated carbocycles. The highest BCUT2D eigenvalue weighted by Gasteiger charge is 2.33. The molecule has 1 aliphatic heterocycles. The molecule has 0 fully saturated rings. The second-order valence-electron chi connectivity index (χ2n) is 10.1. The standard InChI is InChI=1S/C29H34FN3O5S/c1-20-16-33(21(2)19-34)29(35)26-15-24(31-39(36,37)25-12-9-23(30)10-13-25)11-14-27(26)38-28(20)18-32(3)17-22-7-5-4-6-8-22/h4-15,20-21,28,31,34H,16-19H2,1-3H3/t20-,21+,28+/m1/s1. The van der Waals surface area contributed by atoms with Gasteiger partial charge in [0.25, 0.3) is 15.9 Å². The lowest BCUT2D eigenvalue weighted by molar-refractivity contribution is 0.0341. The Morgan fingerprint density at radius 1 is 1.13 bits per heavy atom. The zero-order valence-electron chi connectivity index (χ0n) is 22.2. The normalized spacial score (nSPS) is 18.6. The number of carbonyl (C=O) groups is 1. The second kappa shape index (κ2) is 12.1. The number of anilines is 1. The number of aliphatic hydroxyl groups excluding tert-OH is 1. The molecule has 0 aliphatic carbocycles. The van der Waals surface area contributed by atoms with Crippen LogP contribution in [0, 0.1) is 11.7 Å². The van der Waals surface area contributed by atoms with Gasteiger partial charge in [0.05, 0.1) is 23.1 Å². The van der Waals surface area contributed by atoms with Crippen LogP contribution in [0.4, 0.5) is 10.1 Å². The fourth-order valence-electron chi connectivity index (χ4n) is 4.60. The van der Waals surface area contributed by atoms with Gasteiger partial charge in [-0.15, -0.1) is 0 Å². The van der Waals surface area contributed by atoms with Crippen molar-refractivity contribution in [3.8, 4) is 5.75 Å². The summed E-state index contributed by atoms with van der Waals surface area (Å²) in [5, 5.41) is 9.88. The number of aliphatic hydroxyl groups is 1. The molecular formula is C29H34FN3O5S. The lowest BCUT2D eigenvalue weighted by atomic mass is 9.99. The Labute approximate surface area is 229 Å². The van der Waals surface area contributed by atoms with E-state index in [-0.39, 0.29) is 40.7 Å². The highest BCUT2D eigenvalue weighted by molar-refractivity contribution is 7.92. The van der Waals surface area contributed by atoms with Crippen molar-refractivity contribution in [3.05, 3.63) is 89.7 Å². The van der Waals surface area contributed by atoms with Crippen LogP contribution in [-0.2, 0) is 16.6 Å². The van der Waals surface area contributed by atoms with Crippen LogP contribution < -0.4 is 9.46 Å². The fourth-order valence-corrected chi connectivity index (χ4v) is 5.65. The maximum absolute atomic E-state index is 13.6. The van der Waals surface area contributed by atoms with Gasteiger partial charge in [0.1, 0.15) is 17.7 Å². The molecule has 0 spiro atoms. The predicted octanol–water partition coefficient (Wildman–Crippen LogP) is 3.98. The van der Waals surface area contributed by atoms with Crippen LogP contribution in [0.25, 0.3) is 0 Å². The summed E-state index contributed by atoms with van der Waals surface area (Å²) in [6, 6.07) is 18.7. The minimum absolute atomic E-state index is 0.0500. The zero-order chi connectivity index (χ0) is 28.2. The van der Waals surface area contributed by atoms with E-state index in [1.54, 1.807) is 17.9 Å². The molecule has 0 unspecified atom stereocenters. The minimum atomic E-state index is -4.02. The molecule has 10 heteroatoms. The van der Waals surface area contributed by atoms with E-state index in [0.29, 0.717) is 18.8 Å². The average molecular weight is 556 g/mol. The van der Waals surface area contributed by atoms with Crippen molar-refractivity contribution in [2.75, 3.05) is 31.5 Å². The smallest absolute Gasteiger partial charge is 0.261 e. The quantitative estimate of drug-likeness (QED) is 0.415. The number of nitrogens with one attached hydrogen (secondary N) is 1. The van der Waals surface area contributed by atoms with Gasteiger partial charge < -0.3 is 14.7 Å². The molecule has 0 bridgehead atoms. The number of sulfonamides is 1. The van der Waals surface area contributed by atoms with Crippen molar-refractivity contribution < 1.29 is 27.4 Å². The van der Waals surface area contributed by atoms with Gasteiger partial charge in [-0.05, 0) is 62.0 Å². The summed E-state index contributed by atoms with van der Waals surface area (Å²) in [6.45, 7) is 5.23. The summed E-state index contributed by atoms with van der Waals surface area (Å²) in [5.74, 6) is -0.623. The van der Waals surface area contributed by atoms with E-state index in [1.165, 1.54) is 29.8 Å². The Hall–Kier alpha value is -3.47. The number of fused-ring (bicyclic) bond motifs is 1. The minimum Gasteiger partial charge on any atom is -0.488 e. The van der Waals surface area contributed by atoms with Gasteiger partial charge >= 0.3 is 0 Å². The van der Waals surface area contributed by atoms with E-state index in [0.717, 1.165) is 18.7 Å². The molecule has 3 aromatic rings. The molecule has 1 heterocycles. The third-order valence-corrected chi connectivity index (χ3v) is 8.23. The number of benzene rings is 3. The van der Waals surface area contributed by atoms with Gasteiger partial charge in [-0.3, -0.25) is 14.4 Å². The fraction of sp³-hybridized carbons (Fsp3) is 0.345. The van der Waals surface area contributed by atoms with Crippen LogP contribution in [0.5, 0.6) is 5.75 Å². The Bertz CT molecular complexity index is 1390.